The molecular formula is C22H27N3O4S. The number of carbonyl (C=O) groups excluding carboxylic acids is 2. The van der Waals surface area contributed by atoms with Crippen LogP contribution in [0.25, 0.3) is 0 Å². The molecule has 2 heterocycles. The first-order valence-corrected chi connectivity index (χ1v) is 10.9. The van der Waals surface area contributed by atoms with Gasteiger partial charge in [0.25, 0.3) is 5.56 Å². The van der Waals surface area contributed by atoms with E-state index in [-0.39, 0.29) is 35.0 Å². The van der Waals surface area contributed by atoms with Crippen molar-refractivity contribution in [3.05, 3.63) is 57.5 Å². The van der Waals surface area contributed by atoms with Crippen LogP contribution in [0.5, 0.6) is 0 Å². The highest BCUT2D eigenvalue weighted by Gasteiger charge is 2.28. The van der Waals surface area contributed by atoms with Crippen molar-refractivity contribution in [3.63, 3.8) is 0 Å². The minimum atomic E-state index is -0.275. The van der Waals surface area contributed by atoms with Crippen LogP contribution in [-0.2, 0) is 20.7 Å². The van der Waals surface area contributed by atoms with E-state index in [0.29, 0.717) is 42.3 Å². The molecule has 1 unspecified atom stereocenters. The van der Waals surface area contributed by atoms with Crippen LogP contribution < -0.4 is 5.56 Å². The highest BCUT2D eigenvalue weighted by Crippen LogP contribution is 2.32. The van der Waals surface area contributed by atoms with Crippen LogP contribution in [0.3, 0.4) is 0 Å². The molecule has 160 valence electrons. The number of nitrogens with one attached hydrogen (secondary N) is 1. The van der Waals surface area contributed by atoms with Gasteiger partial charge in [0.2, 0.25) is 5.91 Å². The second-order valence-corrected chi connectivity index (χ2v) is 8.79. The van der Waals surface area contributed by atoms with E-state index in [1.807, 2.05) is 30.3 Å². The average Bonchev–Trinajstić information content (AvgIpc) is 2.76. The molecule has 1 atom stereocenters. The van der Waals surface area contributed by atoms with Crippen molar-refractivity contribution >= 4 is 23.6 Å². The first-order chi connectivity index (χ1) is 14.4. The fourth-order valence-electron chi connectivity index (χ4n) is 3.60. The molecule has 0 radical (unpaired) electrons. The molecule has 0 bridgehead atoms. The molecular weight excluding hydrogens is 402 g/mol. The van der Waals surface area contributed by atoms with Gasteiger partial charge in [-0.25, -0.2) is 4.98 Å². The van der Waals surface area contributed by atoms with E-state index in [1.165, 1.54) is 18.9 Å². The van der Waals surface area contributed by atoms with Crippen molar-refractivity contribution in [3.8, 4) is 0 Å². The number of likely N-dealkylation sites (tertiary alicyclic amines) is 1. The molecule has 3 rings (SSSR count). The normalized spacial score (nSPS) is 15.6. The van der Waals surface area contributed by atoms with Crippen molar-refractivity contribution in [2.45, 2.75) is 43.5 Å². The Hall–Kier alpha value is -2.61. The topological polar surface area (TPSA) is 92.4 Å². The molecule has 1 aromatic carbocycles. The summed E-state index contributed by atoms with van der Waals surface area (Å²) in [7, 11) is 1.38. The molecule has 1 aliphatic rings. The lowest BCUT2D eigenvalue weighted by atomic mass is 9.96. The maximum absolute atomic E-state index is 12.7. The Kier molecular flexibility index (Phi) is 7.31. The summed E-state index contributed by atoms with van der Waals surface area (Å²) < 4.78 is 4.78. The Morgan fingerprint density at radius 2 is 1.93 bits per heavy atom. The lowest BCUT2D eigenvalue weighted by molar-refractivity contribution is -0.148. The summed E-state index contributed by atoms with van der Waals surface area (Å²) in [5.74, 6) is -0.503. The number of benzene rings is 1. The van der Waals surface area contributed by atoms with Gasteiger partial charge in [-0.15, -0.1) is 0 Å². The van der Waals surface area contributed by atoms with Gasteiger partial charge in [-0.05, 0) is 32.3 Å². The predicted octanol–water partition coefficient (Wildman–Crippen LogP) is 2.89. The average molecular weight is 430 g/mol. The van der Waals surface area contributed by atoms with Crippen molar-refractivity contribution in [2.24, 2.45) is 5.92 Å². The van der Waals surface area contributed by atoms with E-state index in [9.17, 15) is 14.4 Å². The largest absolute Gasteiger partial charge is 0.469 e. The molecule has 1 aliphatic heterocycles. The van der Waals surface area contributed by atoms with Crippen LogP contribution in [0.1, 0.15) is 41.8 Å². The third-order valence-corrected chi connectivity index (χ3v) is 6.51. The summed E-state index contributed by atoms with van der Waals surface area (Å²) in [4.78, 5) is 46.0. The minimum absolute atomic E-state index is 0.0102. The number of piperidine rings is 1. The zero-order chi connectivity index (χ0) is 21.7. The maximum atomic E-state index is 12.7. The number of rotatable bonds is 6. The summed E-state index contributed by atoms with van der Waals surface area (Å²) in [5.41, 5.74) is 1.84. The Labute approximate surface area is 180 Å². The number of aryl methyl sites for hydroxylation is 1. The number of H-pyrrole nitrogens is 1. The number of amides is 1. The second kappa shape index (κ2) is 9.93. The van der Waals surface area contributed by atoms with E-state index in [1.54, 1.807) is 11.8 Å². The molecule has 1 saturated heterocycles. The van der Waals surface area contributed by atoms with Crippen molar-refractivity contribution in [2.75, 3.05) is 20.2 Å². The van der Waals surface area contributed by atoms with Crippen LogP contribution in [0.15, 0.2) is 40.3 Å². The maximum Gasteiger partial charge on any atom is 0.308 e. The quantitative estimate of drug-likeness (QED) is 0.431. The molecule has 0 saturated carbocycles. The number of nitrogens with zero attached hydrogens (tertiary/aromatic N) is 2. The van der Waals surface area contributed by atoms with Gasteiger partial charge < -0.3 is 14.6 Å². The Morgan fingerprint density at radius 3 is 2.53 bits per heavy atom. The Bertz CT molecular complexity index is 953. The molecule has 7 nitrogen and oxygen atoms in total. The molecule has 1 amide bonds. The Balaban J connectivity index is 1.64. The smallest absolute Gasteiger partial charge is 0.308 e. The number of ether oxygens (including phenoxy) is 1. The fraction of sp³-hybridized carbons (Fsp3) is 0.455. The lowest BCUT2D eigenvalue weighted by Crippen LogP contribution is -2.42. The molecule has 1 fully saturated rings. The van der Waals surface area contributed by atoms with Gasteiger partial charge in [-0.3, -0.25) is 14.4 Å². The monoisotopic (exact) mass is 429 g/mol. The SMILES string of the molecule is COC(=O)C1CCN(C(=O)Cc2c(C)nc(SC(C)c3ccccc3)[nH]c2=O)CC1. The highest BCUT2D eigenvalue weighted by molar-refractivity contribution is 7.99. The van der Waals surface area contributed by atoms with Gasteiger partial charge in [0.15, 0.2) is 5.16 Å². The van der Waals surface area contributed by atoms with Gasteiger partial charge in [0.1, 0.15) is 0 Å². The van der Waals surface area contributed by atoms with E-state index < -0.39 is 0 Å². The number of methoxy groups -OCH3 is 1. The number of aromatic amines is 1. The standard InChI is InChI=1S/C22H27N3O4S/c1-14-18(13-19(26)25-11-9-17(10-12-25)21(28)29-3)20(27)24-22(23-14)30-15(2)16-7-5-4-6-8-16/h4-8,15,17H,9-13H2,1-3H3,(H,23,24,27). The summed E-state index contributed by atoms with van der Waals surface area (Å²) in [6, 6.07) is 10.0. The zero-order valence-electron chi connectivity index (χ0n) is 17.5. The first-order valence-electron chi connectivity index (χ1n) is 10.1. The van der Waals surface area contributed by atoms with Crippen LogP contribution in [0, 0.1) is 12.8 Å². The first kappa shape index (κ1) is 22.1. The number of aromatic nitrogens is 2. The molecule has 8 heteroatoms. The van der Waals surface area contributed by atoms with E-state index >= 15 is 0 Å². The second-order valence-electron chi connectivity index (χ2n) is 7.46. The number of carbonyl (C=O) groups is 2. The summed E-state index contributed by atoms with van der Waals surface area (Å²) in [6.45, 7) is 4.81. The van der Waals surface area contributed by atoms with E-state index in [4.69, 9.17) is 4.74 Å². The van der Waals surface area contributed by atoms with Crippen molar-refractivity contribution < 1.29 is 14.3 Å². The zero-order valence-corrected chi connectivity index (χ0v) is 18.3. The van der Waals surface area contributed by atoms with Crippen LogP contribution >= 0.6 is 11.8 Å². The van der Waals surface area contributed by atoms with Crippen LogP contribution in [0.4, 0.5) is 0 Å². The Morgan fingerprint density at radius 1 is 1.27 bits per heavy atom. The fourth-order valence-corrected chi connectivity index (χ4v) is 4.57. The van der Waals surface area contributed by atoms with Gasteiger partial charge in [-0.1, -0.05) is 42.1 Å². The highest BCUT2D eigenvalue weighted by atomic mass is 32.2. The molecule has 2 aromatic rings. The number of esters is 1. The van der Waals surface area contributed by atoms with Crippen molar-refractivity contribution in [1.82, 2.24) is 14.9 Å². The van der Waals surface area contributed by atoms with Gasteiger partial charge >= 0.3 is 5.97 Å². The number of thioether (sulfide) groups is 1. The molecule has 1 N–H and O–H groups in total. The summed E-state index contributed by atoms with van der Waals surface area (Å²) in [5, 5.41) is 0.682. The van der Waals surface area contributed by atoms with Gasteiger partial charge in [-0.2, -0.15) is 0 Å². The molecule has 30 heavy (non-hydrogen) atoms. The van der Waals surface area contributed by atoms with Crippen LogP contribution in [0.2, 0.25) is 0 Å². The summed E-state index contributed by atoms with van der Waals surface area (Å²) >= 11 is 1.48. The van der Waals surface area contributed by atoms with Crippen LogP contribution in [-0.4, -0.2) is 46.9 Å². The number of hydrogen-bond donors (Lipinski definition) is 1. The van der Waals surface area contributed by atoms with Crippen molar-refractivity contribution in [1.29, 1.82) is 0 Å². The summed E-state index contributed by atoms with van der Waals surface area (Å²) in [6.07, 6.45) is 1.17. The molecule has 1 aromatic heterocycles. The predicted molar refractivity (Wildman–Crippen MR) is 115 cm³/mol. The van der Waals surface area contributed by atoms with Gasteiger partial charge in [0, 0.05) is 29.6 Å². The minimum Gasteiger partial charge on any atom is -0.469 e. The molecule has 0 aliphatic carbocycles. The third kappa shape index (κ3) is 5.30. The van der Waals surface area contributed by atoms with E-state index in [0.717, 1.165) is 5.56 Å². The third-order valence-electron chi connectivity index (χ3n) is 5.47. The van der Waals surface area contributed by atoms with Gasteiger partial charge in [0.05, 0.1) is 19.4 Å². The lowest BCUT2D eigenvalue weighted by Gasteiger charge is -2.30. The molecule has 0 spiro atoms. The number of hydrogen-bond acceptors (Lipinski definition) is 6. The van der Waals surface area contributed by atoms with E-state index in [2.05, 4.69) is 16.9 Å².